The number of nitrogens with one attached hydrogen (secondary N) is 2. The van der Waals surface area contributed by atoms with Gasteiger partial charge in [0.15, 0.2) is 5.15 Å². The summed E-state index contributed by atoms with van der Waals surface area (Å²) in [5.41, 5.74) is 2.88. The fourth-order valence-corrected chi connectivity index (χ4v) is 5.21. The molecule has 1 aliphatic rings. The summed E-state index contributed by atoms with van der Waals surface area (Å²) in [7, 11) is 0. The Morgan fingerprint density at radius 1 is 1.04 bits per heavy atom. The van der Waals surface area contributed by atoms with E-state index in [9.17, 15) is 19.5 Å². The average Bonchev–Trinajstić information content (AvgIpc) is 3.55. The van der Waals surface area contributed by atoms with E-state index in [1.165, 1.54) is 17.1 Å². The number of carbonyl (C=O) groups is 3. The van der Waals surface area contributed by atoms with Crippen LogP contribution in [0.1, 0.15) is 36.4 Å². The first-order valence-corrected chi connectivity index (χ1v) is 14.5. The second kappa shape index (κ2) is 14.2. The summed E-state index contributed by atoms with van der Waals surface area (Å²) in [4.78, 5) is 39.3. The summed E-state index contributed by atoms with van der Waals surface area (Å²) < 4.78 is 1.43. The zero-order chi connectivity index (χ0) is 31.9. The summed E-state index contributed by atoms with van der Waals surface area (Å²) in [5.74, 6) is -0.756. The van der Waals surface area contributed by atoms with Crippen molar-refractivity contribution in [2.75, 3.05) is 18.4 Å². The quantitative estimate of drug-likeness (QED) is 0.194. The highest BCUT2D eigenvalue weighted by atomic mass is 35.5. The number of likely N-dealkylation sites (tertiary alicyclic amines) is 1. The van der Waals surface area contributed by atoms with Gasteiger partial charge in [-0.1, -0.05) is 35.3 Å². The van der Waals surface area contributed by atoms with Crippen LogP contribution in [0.5, 0.6) is 0 Å². The number of aromatic nitrogens is 6. The molecule has 0 saturated carbocycles. The number of halogens is 2. The standard InChI is InChI=1S/C29H27Cl2N9O5/c30-19-4-7-25(40-16-32-37-38-40)18(13-19)3-8-26(42)34-24(15-27(43)39-11-9-21(41)10-12-39)22-14-23(35-36-28(22)31)17-1-5-20(6-2-17)33-29(44)45/h1-8,13-14,16,21,24,33,41H,9-12,15H2,(H,34,42)(H,44,45). The number of carboxylic acid groups (broad SMARTS) is 1. The lowest BCUT2D eigenvalue weighted by Gasteiger charge is -2.31. The number of carbonyl (C=O) groups excluding carboxylic acids is 2. The van der Waals surface area contributed by atoms with Crippen molar-refractivity contribution in [1.82, 2.24) is 40.6 Å². The number of nitrogens with zero attached hydrogens (tertiary/aromatic N) is 7. The summed E-state index contributed by atoms with van der Waals surface area (Å²) in [6, 6.07) is 12.2. The van der Waals surface area contributed by atoms with Crippen LogP contribution in [0.15, 0.2) is 60.9 Å². The van der Waals surface area contributed by atoms with E-state index in [2.05, 4.69) is 36.4 Å². The number of amides is 3. The Kier molecular flexibility index (Phi) is 9.97. The lowest BCUT2D eigenvalue weighted by Crippen LogP contribution is -2.42. The molecule has 16 heteroatoms. The van der Waals surface area contributed by atoms with E-state index in [0.717, 1.165) is 0 Å². The van der Waals surface area contributed by atoms with Gasteiger partial charge in [0, 0.05) is 46.6 Å². The van der Waals surface area contributed by atoms with Gasteiger partial charge in [0.05, 0.1) is 29.9 Å². The van der Waals surface area contributed by atoms with E-state index in [4.69, 9.17) is 28.3 Å². The van der Waals surface area contributed by atoms with Gasteiger partial charge in [-0.3, -0.25) is 14.9 Å². The summed E-state index contributed by atoms with van der Waals surface area (Å²) in [6.07, 6.45) is 3.39. The number of hydrogen-bond donors (Lipinski definition) is 4. The number of rotatable bonds is 9. The minimum Gasteiger partial charge on any atom is -0.465 e. The molecule has 2 aromatic carbocycles. The molecular formula is C29H27Cl2N9O5. The van der Waals surface area contributed by atoms with Crippen molar-refractivity contribution < 1.29 is 24.6 Å². The van der Waals surface area contributed by atoms with Crippen molar-refractivity contribution in [3.8, 4) is 16.9 Å². The van der Waals surface area contributed by atoms with Gasteiger partial charge in [-0.2, -0.15) is 4.68 Å². The van der Waals surface area contributed by atoms with Crippen LogP contribution in [-0.2, 0) is 9.59 Å². The van der Waals surface area contributed by atoms with E-state index in [1.54, 1.807) is 59.5 Å². The Morgan fingerprint density at radius 2 is 1.80 bits per heavy atom. The summed E-state index contributed by atoms with van der Waals surface area (Å²) in [5, 5.41) is 43.8. The Balaban J connectivity index is 1.42. The van der Waals surface area contributed by atoms with Crippen molar-refractivity contribution in [3.63, 3.8) is 0 Å². The second-order valence-electron chi connectivity index (χ2n) is 10.2. The predicted molar refractivity (Wildman–Crippen MR) is 165 cm³/mol. The van der Waals surface area contributed by atoms with Gasteiger partial charge in [0.25, 0.3) is 0 Å². The molecule has 4 aromatic rings. The van der Waals surface area contributed by atoms with Gasteiger partial charge in [-0.05, 0) is 65.7 Å². The van der Waals surface area contributed by atoms with Gasteiger partial charge in [-0.25, -0.2) is 4.79 Å². The van der Waals surface area contributed by atoms with Crippen LogP contribution in [-0.4, -0.2) is 82.6 Å². The van der Waals surface area contributed by atoms with Gasteiger partial charge in [0.1, 0.15) is 6.33 Å². The van der Waals surface area contributed by atoms with Gasteiger partial charge < -0.3 is 20.4 Å². The van der Waals surface area contributed by atoms with Crippen molar-refractivity contribution in [3.05, 3.63) is 82.2 Å². The van der Waals surface area contributed by atoms with Gasteiger partial charge in [0.2, 0.25) is 11.8 Å². The number of anilines is 1. The van der Waals surface area contributed by atoms with Crippen LogP contribution in [0.4, 0.5) is 10.5 Å². The van der Waals surface area contributed by atoms with Crippen LogP contribution in [0.2, 0.25) is 10.2 Å². The van der Waals surface area contributed by atoms with Crippen LogP contribution in [0, 0.1) is 0 Å². The maximum Gasteiger partial charge on any atom is 0.409 e. The monoisotopic (exact) mass is 651 g/mol. The smallest absolute Gasteiger partial charge is 0.409 e. The highest BCUT2D eigenvalue weighted by Crippen LogP contribution is 2.29. The maximum absolute atomic E-state index is 13.4. The maximum atomic E-state index is 13.4. The molecule has 4 N–H and O–H groups in total. The number of aliphatic hydroxyl groups excluding tert-OH is 1. The van der Waals surface area contributed by atoms with Crippen LogP contribution >= 0.6 is 23.2 Å². The van der Waals surface area contributed by atoms with Crippen molar-refractivity contribution >= 4 is 52.9 Å². The lowest BCUT2D eigenvalue weighted by atomic mass is 10.0. The molecule has 0 bridgehead atoms. The third-order valence-corrected chi connectivity index (χ3v) is 7.62. The molecule has 3 heterocycles. The molecular weight excluding hydrogens is 625 g/mol. The molecule has 3 amide bonds. The summed E-state index contributed by atoms with van der Waals surface area (Å²) in [6.45, 7) is 0.777. The van der Waals surface area contributed by atoms with Gasteiger partial charge >= 0.3 is 6.09 Å². The Bertz CT molecular complexity index is 1710. The fraction of sp³-hybridized carbons (Fsp3) is 0.241. The topological polar surface area (TPSA) is 188 Å². The largest absolute Gasteiger partial charge is 0.465 e. The van der Waals surface area contributed by atoms with E-state index < -0.39 is 24.1 Å². The molecule has 232 valence electrons. The highest BCUT2D eigenvalue weighted by Gasteiger charge is 2.27. The molecule has 1 fully saturated rings. The molecule has 1 aliphatic heterocycles. The zero-order valence-electron chi connectivity index (χ0n) is 23.5. The van der Waals surface area contributed by atoms with Crippen LogP contribution in [0.25, 0.3) is 23.0 Å². The first-order chi connectivity index (χ1) is 21.7. The molecule has 14 nitrogen and oxygen atoms in total. The van der Waals surface area contributed by atoms with E-state index in [-0.39, 0.29) is 17.5 Å². The molecule has 1 unspecified atom stereocenters. The fourth-order valence-electron chi connectivity index (χ4n) is 4.81. The molecule has 1 atom stereocenters. The highest BCUT2D eigenvalue weighted by molar-refractivity contribution is 6.31. The number of aliphatic hydroxyl groups is 1. The van der Waals surface area contributed by atoms with E-state index in [1.807, 2.05) is 0 Å². The SMILES string of the molecule is O=C(O)Nc1ccc(-c2cc(C(CC(=O)N3CCC(O)CC3)NC(=O)C=Cc3cc(Cl)ccc3-n3cnnn3)c(Cl)nn2)cc1. The van der Waals surface area contributed by atoms with Crippen LogP contribution in [0.3, 0.4) is 0 Å². The van der Waals surface area contributed by atoms with Crippen molar-refractivity contribution in [1.29, 1.82) is 0 Å². The number of benzene rings is 2. The lowest BCUT2D eigenvalue weighted by molar-refractivity contribution is -0.133. The Hall–Kier alpha value is -4.92. The first kappa shape index (κ1) is 31.5. The third kappa shape index (κ3) is 8.17. The predicted octanol–water partition coefficient (Wildman–Crippen LogP) is 3.76. The molecule has 0 spiro atoms. The van der Waals surface area contributed by atoms with Crippen molar-refractivity contribution in [2.45, 2.75) is 31.4 Å². The van der Waals surface area contributed by atoms with E-state index >= 15 is 0 Å². The molecule has 1 saturated heterocycles. The first-order valence-electron chi connectivity index (χ1n) is 13.8. The normalized spacial score (nSPS) is 14.3. The number of piperidine rings is 1. The minimum absolute atomic E-state index is 0.00475. The second-order valence-corrected chi connectivity index (χ2v) is 10.9. The molecule has 5 rings (SSSR count). The van der Waals surface area contributed by atoms with E-state index in [0.29, 0.717) is 64.7 Å². The summed E-state index contributed by atoms with van der Waals surface area (Å²) >= 11 is 12.7. The van der Waals surface area contributed by atoms with Crippen molar-refractivity contribution in [2.24, 2.45) is 0 Å². The molecule has 0 radical (unpaired) electrons. The molecule has 0 aliphatic carbocycles. The average molecular weight is 652 g/mol. The van der Waals surface area contributed by atoms with Crippen LogP contribution < -0.4 is 10.6 Å². The minimum atomic E-state index is -1.20. The molecule has 45 heavy (non-hydrogen) atoms. The Labute approximate surface area is 266 Å². The zero-order valence-corrected chi connectivity index (χ0v) is 25.1. The third-order valence-electron chi connectivity index (χ3n) is 7.10. The number of hydrogen-bond acceptors (Lipinski definition) is 9. The van der Waals surface area contributed by atoms with Gasteiger partial charge in [-0.15, -0.1) is 15.3 Å². The number of tetrazole rings is 1. The Morgan fingerprint density at radius 3 is 2.49 bits per heavy atom. The molecule has 2 aromatic heterocycles.